The van der Waals surface area contributed by atoms with E-state index in [1.807, 2.05) is 6.07 Å². The molecule has 0 aliphatic rings. The summed E-state index contributed by atoms with van der Waals surface area (Å²) in [6.45, 7) is 6.36. The van der Waals surface area contributed by atoms with Gasteiger partial charge in [-0.3, -0.25) is 9.59 Å². The second-order valence-corrected chi connectivity index (χ2v) is 6.01. The lowest BCUT2D eigenvalue weighted by atomic mass is 9.89. The minimum atomic E-state index is -0.713. The molecule has 0 radical (unpaired) electrons. The third kappa shape index (κ3) is 3.46. The second-order valence-electron chi connectivity index (χ2n) is 6.01. The van der Waals surface area contributed by atoms with Crippen LogP contribution in [-0.4, -0.2) is 10.1 Å². The van der Waals surface area contributed by atoms with Crippen LogP contribution in [0.25, 0.3) is 10.9 Å². The number of aromatic hydroxyl groups is 1. The summed E-state index contributed by atoms with van der Waals surface area (Å²) in [5.74, 6) is -0.104. The molecule has 23 heavy (non-hydrogen) atoms. The highest BCUT2D eigenvalue weighted by Crippen LogP contribution is 2.32. The van der Waals surface area contributed by atoms with Crippen LogP contribution in [-0.2, 0) is 19.3 Å². The smallest absolute Gasteiger partial charge is 0.296 e. The molecule has 1 heterocycles. The van der Waals surface area contributed by atoms with Crippen LogP contribution in [0.4, 0.5) is 0 Å². The maximum atomic E-state index is 11.9. The minimum Gasteiger partial charge on any atom is -0.507 e. The first-order chi connectivity index (χ1) is 11.0. The Labute approximate surface area is 136 Å². The molecule has 2 aromatic rings. The zero-order valence-corrected chi connectivity index (χ0v) is 14.2. The molecule has 4 heteroatoms. The summed E-state index contributed by atoms with van der Waals surface area (Å²) in [6.07, 6.45) is 5.64. The van der Waals surface area contributed by atoms with Crippen LogP contribution >= 0.6 is 0 Å². The topological polar surface area (TPSA) is 70.2 Å². The summed E-state index contributed by atoms with van der Waals surface area (Å²) < 4.78 is 0. The number of H-pyrrole nitrogens is 1. The first-order valence-electron chi connectivity index (χ1n) is 8.47. The van der Waals surface area contributed by atoms with Gasteiger partial charge in [0.2, 0.25) is 5.43 Å². The van der Waals surface area contributed by atoms with Gasteiger partial charge in [0.15, 0.2) is 0 Å². The maximum Gasteiger partial charge on any atom is 0.296 e. The number of hydrogen-bond donors (Lipinski definition) is 2. The first kappa shape index (κ1) is 17.3. The van der Waals surface area contributed by atoms with E-state index in [1.54, 1.807) is 0 Å². The molecule has 0 bridgehead atoms. The molecule has 0 saturated heterocycles. The van der Waals surface area contributed by atoms with E-state index in [0.29, 0.717) is 10.9 Å². The molecular formula is C19H25NO3. The molecule has 0 unspecified atom stereocenters. The molecule has 2 rings (SSSR count). The molecule has 2 N–H and O–H groups in total. The van der Waals surface area contributed by atoms with Gasteiger partial charge in [-0.05, 0) is 42.0 Å². The molecule has 0 saturated carbocycles. The number of benzene rings is 1. The predicted molar refractivity (Wildman–Crippen MR) is 94.5 cm³/mol. The van der Waals surface area contributed by atoms with Gasteiger partial charge in [0.1, 0.15) is 5.75 Å². The largest absolute Gasteiger partial charge is 0.507 e. The van der Waals surface area contributed by atoms with Gasteiger partial charge in [-0.15, -0.1) is 0 Å². The lowest BCUT2D eigenvalue weighted by Gasteiger charge is -2.17. The Morgan fingerprint density at radius 2 is 1.52 bits per heavy atom. The Morgan fingerprint density at radius 1 is 0.913 bits per heavy atom. The fourth-order valence-corrected chi connectivity index (χ4v) is 3.26. The number of nitrogens with one attached hydrogen (secondary N) is 1. The Morgan fingerprint density at radius 3 is 2.13 bits per heavy atom. The standard InChI is InChI=1S/C19H25NO3/c1-4-7-12-10-15-18(14(9-6-3)13(12)8-5-2)16(21)11-17(22)19(23)20-15/h10-11,21H,4-9H2,1-3H3,(H,20,22,23). The van der Waals surface area contributed by atoms with Crippen LogP contribution in [0.1, 0.15) is 56.7 Å². The van der Waals surface area contributed by atoms with E-state index >= 15 is 0 Å². The van der Waals surface area contributed by atoms with Gasteiger partial charge in [-0.25, -0.2) is 0 Å². The third-order valence-corrected chi connectivity index (χ3v) is 4.16. The zero-order valence-electron chi connectivity index (χ0n) is 14.2. The van der Waals surface area contributed by atoms with Crippen LogP contribution in [0.3, 0.4) is 0 Å². The molecule has 0 aliphatic heterocycles. The van der Waals surface area contributed by atoms with Crippen molar-refractivity contribution in [2.45, 2.75) is 59.3 Å². The summed E-state index contributed by atoms with van der Waals surface area (Å²) in [6, 6.07) is 2.97. The summed E-state index contributed by atoms with van der Waals surface area (Å²) >= 11 is 0. The second kappa shape index (κ2) is 7.44. The van der Waals surface area contributed by atoms with E-state index in [9.17, 15) is 14.7 Å². The molecular weight excluding hydrogens is 290 g/mol. The predicted octanol–water partition coefficient (Wildman–Crippen LogP) is 3.45. The lowest BCUT2D eigenvalue weighted by molar-refractivity contribution is 0.481. The van der Waals surface area contributed by atoms with Crippen molar-refractivity contribution in [3.8, 4) is 5.75 Å². The average Bonchev–Trinajstić information content (AvgIpc) is 2.60. The van der Waals surface area contributed by atoms with Gasteiger partial charge >= 0.3 is 0 Å². The fraction of sp³-hybridized carbons (Fsp3) is 0.474. The van der Waals surface area contributed by atoms with Crippen LogP contribution in [0, 0.1) is 0 Å². The van der Waals surface area contributed by atoms with Crippen molar-refractivity contribution in [2.75, 3.05) is 0 Å². The lowest BCUT2D eigenvalue weighted by Crippen LogP contribution is -2.22. The van der Waals surface area contributed by atoms with Crippen LogP contribution in [0.2, 0.25) is 0 Å². The van der Waals surface area contributed by atoms with E-state index in [1.165, 1.54) is 11.1 Å². The van der Waals surface area contributed by atoms with Gasteiger partial charge in [-0.2, -0.15) is 0 Å². The fourth-order valence-electron chi connectivity index (χ4n) is 3.26. The Balaban J connectivity index is 2.99. The Bertz CT molecular complexity index is 821. The SMILES string of the molecule is CCCc1cc2[nH]c(=O)c(=O)cc(O)c2c(CCC)c1CCC. The summed E-state index contributed by atoms with van der Waals surface area (Å²) in [4.78, 5) is 26.3. The van der Waals surface area contributed by atoms with E-state index in [4.69, 9.17) is 0 Å². The van der Waals surface area contributed by atoms with Crippen molar-refractivity contribution < 1.29 is 5.11 Å². The van der Waals surface area contributed by atoms with Crippen LogP contribution in [0.5, 0.6) is 5.75 Å². The van der Waals surface area contributed by atoms with E-state index in [2.05, 4.69) is 25.8 Å². The van der Waals surface area contributed by atoms with Gasteiger partial charge in [-0.1, -0.05) is 40.0 Å². The molecule has 124 valence electrons. The van der Waals surface area contributed by atoms with Crippen LogP contribution < -0.4 is 11.0 Å². The highest BCUT2D eigenvalue weighted by atomic mass is 16.3. The van der Waals surface area contributed by atoms with Crippen molar-refractivity contribution >= 4 is 10.9 Å². The quantitative estimate of drug-likeness (QED) is 0.802. The van der Waals surface area contributed by atoms with Gasteiger partial charge in [0.25, 0.3) is 5.56 Å². The average molecular weight is 315 g/mol. The number of fused-ring (bicyclic) bond motifs is 1. The van der Waals surface area contributed by atoms with Crippen LogP contribution in [0.15, 0.2) is 21.7 Å². The third-order valence-electron chi connectivity index (χ3n) is 4.16. The monoisotopic (exact) mass is 315 g/mol. The molecule has 0 amide bonds. The highest BCUT2D eigenvalue weighted by Gasteiger charge is 2.15. The van der Waals surface area contributed by atoms with Crippen molar-refractivity contribution in [3.63, 3.8) is 0 Å². The molecule has 1 aromatic carbocycles. The Kier molecular flexibility index (Phi) is 5.59. The van der Waals surface area contributed by atoms with Gasteiger partial charge in [0.05, 0.1) is 5.52 Å². The zero-order chi connectivity index (χ0) is 17.0. The number of rotatable bonds is 6. The van der Waals surface area contributed by atoms with Crippen molar-refractivity contribution in [3.05, 3.63) is 49.4 Å². The molecule has 4 nitrogen and oxygen atoms in total. The molecule has 0 spiro atoms. The number of aromatic nitrogens is 1. The Hall–Kier alpha value is -2.10. The number of aryl methyl sites for hydroxylation is 2. The van der Waals surface area contributed by atoms with Crippen molar-refractivity contribution in [2.24, 2.45) is 0 Å². The van der Waals surface area contributed by atoms with E-state index in [0.717, 1.165) is 50.2 Å². The summed E-state index contributed by atoms with van der Waals surface area (Å²) in [7, 11) is 0. The normalized spacial score (nSPS) is 11.1. The van der Waals surface area contributed by atoms with E-state index < -0.39 is 11.0 Å². The molecule has 1 aromatic heterocycles. The molecule has 0 aliphatic carbocycles. The first-order valence-corrected chi connectivity index (χ1v) is 8.47. The van der Waals surface area contributed by atoms with E-state index in [-0.39, 0.29) is 5.75 Å². The molecule has 0 fully saturated rings. The van der Waals surface area contributed by atoms with Gasteiger partial charge < -0.3 is 10.1 Å². The molecule has 0 atom stereocenters. The summed E-state index contributed by atoms with van der Waals surface area (Å²) in [5, 5.41) is 11.0. The summed E-state index contributed by atoms with van der Waals surface area (Å²) in [5.41, 5.74) is 2.69. The number of hydrogen-bond acceptors (Lipinski definition) is 3. The van der Waals surface area contributed by atoms with Gasteiger partial charge in [0, 0.05) is 11.5 Å². The van der Waals surface area contributed by atoms with Crippen molar-refractivity contribution in [1.82, 2.24) is 4.98 Å². The highest BCUT2D eigenvalue weighted by molar-refractivity contribution is 5.89. The maximum absolute atomic E-state index is 11.9. The van der Waals surface area contributed by atoms with Crippen molar-refractivity contribution in [1.29, 1.82) is 0 Å². The number of aromatic amines is 1. The minimum absolute atomic E-state index is 0.104.